The zero-order valence-corrected chi connectivity index (χ0v) is 17.3. The van der Waals surface area contributed by atoms with Crippen LogP contribution < -0.4 is 5.32 Å². The van der Waals surface area contributed by atoms with Crippen molar-refractivity contribution in [1.29, 1.82) is 0 Å². The molecule has 0 atom stereocenters. The summed E-state index contributed by atoms with van der Waals surface area (Å²) in [4.78, 5) is 20.2. The van der Waals surface area contributed by atoms with Crippen LogP contribution in [0.3, 0.4) is 0 Å². The zero-order chi connectivity index (χ0) is 19.1. The van der Waals surface area contributed by atoms with Crippen molar-refractivity contribution in [2.24, 2.45) is 12.0 Å². The predicted octanol–water partition coefficient (Wildman–Crippen LogP) is 2.45. The van der Waals surface area contributed by atoms with Crippen LogP contribution >= 0.6 is 15.9 Å². The first-order valence-corrected chi connectivity index (χ1v) is 9.20. The summed E-state index contributed by atoms with van der Waals surface area (Å²) < 4.78 is 3.11. The van der Waals surface area contributed by atoms with Crippen LogP contribution in [0.2, 0.25) is 0 Å². The van der Waals surface area contributed by atoms with Gasteiger partial charge in [-0.3, -0.25) is 4.79 Å². The van der Waals surface area contributed by atoms with Gasteiger partial charge in [0.05, 0.1) is 19.6 Å². The number of halogens is 1. The molecule has 1 N–H and O–H groups in total. The highest BCUT2D eigenvalue weighted by Gasteiger charge is 2.12. The molecule has 0 saturated heterocycles. The fraction of sp³-hybridized carbons (Fsp3) is 0.368. The fourth-order valence-corrected chi connectivity index (χ4v) is 2.99. The molecule has 2 rings (SSSR count). The van der Waals surface area contributed by atoms with Crippen LogP contribution in [0.15, 0.2) is 52.1 Å². The Balaban J connectivity index is 2.12. The van der Waals surface area contributed by atoms with Crippen LogP contribution in [0, 0.1) is 0 Å². The monoisotopic (exact) mass is 419 g/mol. The lowest BCUT2D eigenvalue weighted by Crippen LogP contribution is -2.43. The number of carbonyl (C=O) groups excluding carboxylic acids is 1. The van der Waals surface area contributed by atoms with Gasteiger partial charge in [0.2, 0.25) is 5.91 Å². The third-order valence-corrected chi connectivity index (χ3v) is 4.42. The third-order valence-electron chi connectivity index (χ3n) is 3.99. The molecule has 0 saturated carbocycles. The van der Waals surface area contributed by atoms with Crippen LogP contribution in [0.1, 0.15) is 11.3 Å². The largest absolute Gasteiger partial charge is 0.352 e. The van der Waals surface area contributed by atoms with Gasteiger partial charge < -0.3 is 19.7 Å². The first kappa shape index (κ1) is 20.0. The Morgan fingerprint density at radius 2 is 1.92 bits per heavy atom. The van der Waals surface area contributed by atoms with E-state index in [0.717, 1.165) is 15.7 Å². The molecule has 0 bridgehead atoms. The van der Waals surface area contributed by atoms with Crippen molar-refractivity contribution in [1.82, 2.24) is 19.7 Å². The predicted molar refractivity (Wildman–Crippen MR) is 109 cm³/mol. The lowest BCUT2D eigenvalue weighted by atomic mass is 10.2. The molecule has 26 heavy (non-hydrogen) atoms. The molecular weight excluding hydrogens is 394 g/mol. The van der Waals surface area contributed by atoms with Crippen molar-refractivity contribution < 1.29 is 4.79 Å². The number of carbonyl (C=O) groups is 1. The summed E-state index contributed by atoms with van der Waals surface area (Å²) in [6, 6.07) is 12.1. The normalized spacial score (nSPS) is 11.3. The Bertz CT molecular complexity index is 755. The van der Waals surface area contributed by atoms with E-state index in [1.165, 1.54) is 0 Å². The molecule has 0 spiro atoms. The highest BCUT2D eigenvalue weighted by Crippen LogP contribution is 2.15. The molecule has 0 radical (unpaired) electrons. The van der Waals surface area contributed by atoms with E-state index in [1.54, 1.807) is 19.0 Å². The second-order valence-corrected chi connectivity index (χ2v) is 7.30. The lowest BCUT2D eigenvalue weighted by Gasteiger charge is -2.23. The molecule has 0 fully saturated rings. The summed E-state index contributed by atoms with van der Waals surface area (Å²) >= 11 is 3.50. The summed E-state index contributed by atoms with van der Waals surface area (Å²) in [5.41, 5.74) is 2.27. The smallest absolute Gasteiger partial charge is 0.241 e. The number of nitrogens with zero attached hydrogens (tertiary/aromatic N) is 4. The van der Waals surface area contributed by atoms with E-state index in [2.05, 4.69) is 31.9 Å². The van der Waals surface area contributed by atoms with E-state index in [4.69, 9.17) is 4.99 Å². The maximum atomic E-state index is 11.9. The minimum absolute atomic E-state index is 0.00687. The van der Waals surface area contributed by atoms with Gasteiger partial charge in [-0.25, -0.2) is 4.99 Å². The van der Waals surface area contributed by atoms with Crippen molar-refractivity contribution >= 4 is 27.8 Å². The number of nitrogens with one attached hydrogen (secondary N) is 1. The van der Waals surface area contributed by atoms with Crippen LogP contribution in [0.4, 0.5) is 0 Å². The number of aromatic nitrogens is 1. The maximum Gasteiger partial charge on any atom is 0.241 e. The molecule has 7 heteroatoms. The molecule has 140 valence electrons. The number of likely N-dealkylation sites (N-methyl/N-ethyl adjacent to an activating group) is 1. The molecule has 1 amide bonds. The molecule has 0 unspecified atom stereocenters. The van der Waals surface area contributed by atoms with Crippen LogP contribution in [0.5, 0.6) is 0 Å². The Labute approximate surface area is 163 Å². The maximum absolute atomic E-state index is 11.9. The molecule has 6 nitrogen and oxygen atoms in total. The lowest BCUT2D eigenvalue weighted by molar-refractivity contribution is -0.127. The van der Waals surface area contributed by atoms with E-state index >= 15 is 0 Å². The van der Waals surface area contributed by atoms with Gasteiger partial charge >= 0.3 is 0 Å². The van der Waals surface area contributed by atoms with Crippen LogP contribution in [-0.2, 0) is 24.9 Å². The molecule has 2 aromatic rings. The van der Waals surface area contributed by atoms with Crippen molar-refractivity contribution in [2.45, 2.75) is 13.1 Å². The average molecular weight is 420 g/mol. The number of aryl methyl sites for hydroxylation is 1. The van der Waals surface area contributed by atoms with E-state index in [1.807, 2.05) is 55.5 Å². The van der Waals surface area contributed by atoms with Gasteiger partial charge in [0.25, 0.3) is 0 Å². The van der Waals surface area contributed by atoms with Crippen LogP contribution in [0.25, 0.3) is 0 Å². The van der Waals surface area contributed by atoms with Crippen molar-refractivity contribution in [3.63, 3.8) is 0 Å². The van der Waals surface area contributed by atoms with Gasteiger partial charge in [0.15, 0.2) is 5.96 Å². The van der Waals surface area contributed by atoms with E-state index in [9.17, 15) is 4.79 Å². The van der Waals surface area contributed by atoms with Crippen molar-refractivity contribution in [3.8, 4) is 0 Å². The van der Waals surface area contributed by atoms with E-state index in [-0.39, 0.29) is 12.5 Å². The van der Waals surface area contributed by atoms with Gasteiger partial charge in [0, 0.05) is 44.6 Å². The first-order chi connectivity index (χ1) is 12.4. The number of benzene rings is 1. The number of aliphatic imine (C=N–C) groups is 1. The molecular formula is C19H26BrN5O. The number of hydrogen-bond donors (Lipinski definition) is 1. The second-order valence-electron chi connectivity index (χ2n) is 6.38. The summed E-state index contributed by atoms with van der Waals surface area (Å²) in [5, 5.41) is 3.18. The quantitative estimate of drug-likeness (QED) is 0.577. The summed E-state index contributed by atoms with van der Waals surface area (Å²) in [5.74, 6) is 0.703. The van der Waals surface area contributed by atoms with Gasteiger partial charge in [-0.15, -0.1) is 0 Å². The molecule has 1 heterocycles. The summed E-state index contributed by atoms with van der Waals surface area (Å²) in [6.45, 7) is 1.45. The Morgan fingerprint density at radius 3 is 2.50 bits per heavy atom. The Kier molecular flexibility index (Phi) is 7.26. The number of rotatable bonds is 6. The van der Waals surface area contributed by atoms with Gasteiger partial charge in [-0.2, -0.15) is 0 Å². The number of amides is 1. The molecule has 0 aliphatic heterocycles. The first-order valence-electron chi connectivity index (χ1n) is 8.41. The molecule has 0 aliphatic rings. The third kappa shape index (κ3) is 5.91. The topological polar surface area (TPSA) is 52.9 Å². The molecule has 1 aromatic carbocycles. The average Bonchev–Trinajstić information content (AvgIpc) is 2.92. The second kappa shape index (κ2) is 9.43. The number of guanidine groups is 1. The van der Waals surface area contributed by atoms with Crippen molar-refractivity contribution in [3.05, 3.63) is 58.3 Å². The van der Waals surface area contributed by atoms with E-state index < -0.39 is 0 Å². The van der Waals surface area contributed by atoms with Gasteiger partial charge in [-0.05, 0) is 27.6 Å². The van der Waals surface area contributed by atoms with E-state index in [0.29, 0.717) is 19.0 Å². The standard InChI is InChI=1S/C19H26BrN5O/c1-23(2)18(26)12-22-19(21-11-15-8-6-5-7-9-15)25(4)14-17-10-16(20)13-24(17)3/h5-10,13H,11-12,14H2,1-4H3,(H,21,22). The highest BCUT2D eigenvalue weighted by molar-refractivity contribution is 9.10. The summed E-state index contributed by atoms with van der Waals surface area (Å²) in [7, 11) is 7.47. The Morgan fingerprint density at radius 1 is 1.23 bits per heavy atom. The van der Waals surface area contributed by atoms with Crippen LogP contribution in [-0.4, -0.2) is 53.9 Å². The Hall–Kier alpha value is -2.28. The van der Waals surface area contributed by atoms with Gasteiger partial charge in [0.1, 0.15) is 0 Å². The summed E-state index contributed by atoms with van der Waals surface area (Å²) in [6.07, 6.45) is 2.02. The van der Waals surface area contributed by atoms with Gasteiger partial charge in [-0.1, -0.05) is 30.3 Å². The molecule has 1 aromatic heterocycles. The SMILES string of the molecule is CN(C)C(=O)CNC(=NCc1ccccc1)N(C)Cc1cc(Br)cn1C. The fourth-order valence-electron chi connectivity index (χ4n) is 2.42. The number of hydrogen-bond acceptors (Lipinski definition) is 2. The minimum Gasteiger partial charge on any atom is -0.352 e. The zero-order valence-electron chi connectivity index (χ0n) is 15.7. The highest BCUT2D eigenvalue weighted by atomic mass is 79.9. The minimum atomic E-state index is 0.00687. The van der Waals surface area contributed by atoms with Crippen molar-refractivity contribution in [2.75, 3.05) is 27.7 Å². The molecule has 0 aliphatic carbocycles.